The van der Waals surface area contributed by atoms with E-state index in [0.29, 0.717) is 12.6 Å². The molecule has 0 amide bonds. The molecule has 0 bridgehead atoms. The third kappa shape index (κ3) is 2.07. The first kappa shape index (κ1) is 10.7. The summed E-state index contributed by atoms with van der Waals surface area (Å²) in [7, 11) is 0. The zero-order chi connectivity index (χ0) is 10.8. The number of hydrogen-bond acceptors (Lipinski definition) is 2. The lowest BCUT2D eigenvalue weighted by molar-refractivity contribution is 0.312. The van der Waals surface area contributed by atoms with Crippen molar-refractivity contribution in [2.75, 3.05) is 6.54 Å². The zero-order valence-corrected chi connectivity index (χ0v) is 9.74. The Hall–Kier alpha value is -0.830. The predicted molar refractivity (Wildman–Crippen MR) is 61.8 cm³/mol. The number of nitrogens with two attached hydrogens (primary N) is 1. The van der Waals surface area contributed by atoms with Crippen molar-refractivity contribution in [3.8, 4) is 0 Å². The van der Waals surface area contributed by atoms with Crippen molar-refractivity contribution in [2.45, 2.75) is 45.6 Å². The first-order valence-electron chi connectivity index (χ1n) is 5.95. The molecule has 0 aliphatic heterocycles. The minimum absolute atomic E-state index is 0.418. The van der Waals surface area contributed by atoms with E-state index in [1.807, 2.05) is 6.92 Å². The highest BCUT2D eigenvalue weighted by Crippen LogP contribution is 2.34. The monoisotopic (exact) mass is 207 g/mol. The van der Waals surface area contributed by atoms with Gasteiger partial charge >= 0.3 is 0 Å². The summed E-state index contributed by atoms with van der Waals surface area (Å²) in [6.07, 6.45) is 5.36. The van der Waals surface area contributed by atoms with Crippen molar-refractivity contribution in [1.29, 1.82) is 0 Å². The van der Waals surface area contributed by atoms with Crippen LogP contribution >= 0.6 is 0 Å². The van der Waals surface area contributed by atoms with Crippen LogP contribution in [0.25, 0.3) is 0 Å². The van der Waals surface area contributed by atoms with Gasteiger partial charge in [-0.2, -0.15) is 5.10 Å². The van der Waals surface area contributed by atoms with Crippen LogP contribution < -0.4 is 5.73 Å². The van der Waals surface area contributed by atoms with E-state index < -0.39 is 0 Å². The molecule has 0 aromatic carbocycles. The summed E-state index contributed by atoms with van der Waals surface area (Å²) in [5.74, 6) is 0.744. The lowest BCUT2D eigenvalue weighted by Crippen LogP contribution is -2.27. The molecule has 1 aromatic rings. The molecule has 2 rings (SSSR count). The van der Waals surface area contributed by atoms with Crippen molar-refractivity contribution in [2.24, 2.45) is 11.7 Å². The van der Waals surface area contributed by atoms with Gasteiger partial charge in [0.2, 0.25) is 0 Å². The standard InChI is InChI=1S/C12H21N3/c1-9-7-10(2)15(14-9)12(8-13)11-5-3-4-6-11/h7,11-12H,3-6,8,13H2,1-2H3. The second kappa shape index (κ2) is 4.35. The maximum atomic E-state index is 5.90. The molecule has 1 aromatic heterocycles. The van der Waals surface area contributed by atoms with Gasteiger partial charge in [-0.25, -0.2) is 0 Å². The molecule has 1 fully saturated rings. The molecule has 0 spiro atoms. The van der Waals surface area contributed by atoms with Gasteiger partial charge in [-0.05, 0) is 38.7 Å². The lowest BCUT2D eigenvalue weighted by atomic mass is 9.98. The van der Waals surface area contributed by atoms with Gasteiger partial charge in [0.05, 0.1) is 11.7 Å². The summed E-state index contributed by atoms with van der Waals surface area (Å²) < 4.78 is 2.14. The highest BCUT2D eigenvalue weighted by Gasteiger charge is 2.26. The Labute approximate surface area is 91.7 Å². The molecule has 1 heterocycles. The highest BCUT2D eigenvalue weighted by atomic mass is 15.3. The topological polar surface area (TPSA) is 43.8 Å². The summed E-state index contributed by atoms with van der Waals surface area (Å²) >= 11 is 0. The van der Waals surface area contributed by atoms with Crippen molar-refractivity contribution in [3.05, 3.63) is 17.5 Å². The Balaban J connectivity index is 2.21. The predicted octanol–water partition coefficient (Wildman–Crippen LogP) is 2.19. The maximum Gasteiger partial charge on any atom is 0.0672 e. The molecule has 3 nitrogen and oxygen atoms in total. The Bertz CT molecular complexity index is 324. The molecule has 0 saturated heterocycles. The fraction of sp³-hybridized carbons (Fsp3) is 0.750. The molecule has 0 radical (unpaired) electrons. The highest BCUT2D eigenvalue weighted by molar-refractivity contribution is 5.08. The van der Waals surface area contributed by atoms with Gasteiger partial charge in [0, 0.05) is 12.2 Å². The van der Waals surface area contributed by atoms with E-state index in [9.17, 15) is 0 Å². The fourth-order valence-electron chi connectivity index (χ4n) is 2.82. The van der Waals surface area contributed by atoms with Gasteiger partial charge in [-0.3, -0.25) is 4.68 Å². The van der Waals surface area contributed by atoms with E-state index in [1.54, 1.807) is 0 Å². The van der Waals surface area contributed by atoms with E-state index in [-0.39, 0.29) is 0 Å². The van der Waals surface area contributed by atoms with E-state index >= 15 is 0 Å². The van der Waals surface area contributed by atoms with E-state index in [4.69, 9.17) is 5.73 Å². The van der Waals surface area contributed by atoms with Crippen LogP contribution in [0.15, 0.2) is 6.07 Å². The number of nitrogens with zero attached hydrogens (tertiary/aromatic N) is 2. The number of aromatic nitrogens is 2. The van der Waals surface area contributed by atoms with Crippen LogP contribution in [-0.4, -0.2) is 16.3 Å². The van der Waals surface area contributed by atoms with Crippen LogP contribution in [0.3, 0.4) is 0 Å². The summed E-state index contributed by atoms with van der Waals surface area (Å²) in [6.45, 7) is 4.88. The van der Waals surface area contributed by atoms with E-state index in [1.165, 1.54) is 31.4 Å². The average Bonchev–Trinajstić information content (AvgIpc) is 2.79. The van der Waals surface area contributed by atoms with Crippen LogP contribution in [0.4, 0.5) is 0 Å². The number of hydrogen-bond donors (Lipinski definition) is 1. The molecule has 1 atom stereocenters. The maximum absolute atomic E-state index is 5.90. The summed E-state index contributed by atoms with van der Waals surface area (Å²) in [4.78, 5) is 0. The Morgan fingerprint density at radius 3 is 2.60 bits per heavy atom. The molecule has 1 unspecified atom stereocenters. The van der Waals surface area contributed by atoms with Crippen molar-refractivity contribution in [3.63, 3.8) is 0 Å². The lowest BCUT2D eigenvalue weighted by Gasteiger charge is -2.23. The van der Waals surface area contributed by atoms with Gasteiger partial charge in [0.25, 0.3) is 0 Å². The van der Waals surface area contributed by atoms with Crippen LogP contribution in [0.5, 0.6) is 0 Å². The smallest absolute Gasteiger partial charge is 0.0672 e. The van der Waals surface area contributed by atoms with Crippen molar-refractivity contribution < 1.29 is 0 Å². The third-order valence-electron chi connectivity index (χ3n) is 3.54. The van der Waals surface area contributed by atoms with E-state index in [0.717, 1.165) is 11.6 Å². The summed E-state index contributed by atoms with van der Waals surface area (Å²) in [6, 6.07) is 2.55. The molecular weight excluding hydrogens is 186 g/mol. The van der Waals surface area contributed by atoms with Gasteiger partial charge in [0.1, 0.15) is 0 Å². The molecule has 1 aliphatic rings. The first-order valence-corrected chi connectivity index (χ1v) is 5.95. The fourth-order valence-corrected chi connectivity index (χ4v) is 2.82. The van der Waals surface area contributed by atoms with Crippen LogP contribution in [0, 0.1) is 19.8 Å². The SMILES string of the molecule is Cc1cc(C)n(C(CN)C2CCCC2)n1. The molecular formula is C12H21N3. The van der Waals surface area contributed by atoms with Gasteiger partial charge < -0.3 is 5.73 Å². The normalized spacial score (nSPS) is 19.7. The molecule has 15 heavy (non-hydrogen) atoms. The molecule has 3 heteroatoms. The summed E-state index contributed by atoms with van der Waals surface area (Å²) in [5.41, 5.74) is 8.25. The number of aryl methyl sites for hydroxylation is 2. The Kier molecular flexibility index (Phi) is 3.10. The van der Waals surface area contributed by atoms with Crippen molar-refractivity contribution in [1.82, 2.24) is 9.78 Å². The van der Waals surface area contributed by atoms with Crippen LogP contribution in [0.2, 0.25) is 0 Å². The van der Waals surface area contributed by atoms with Crippen LogP contribution in [0.1, 0.15) is 43.1 Å². The largest absolute Gasteiger partial charge is 0.328 e. The van der Waals surface area contributed by atoms with Crippen LogP contribution in [-0.2, 0) is 0 Å². The molecule has 2 N–H and O–H groups in total. The quantitative estimate of drug-likeness (QED) is 0.825. The second-order valence-corrected chi connectivity index (χ2v) is 4.72. The number of rotatable bonds is 3. The first-order chi connectivity index (χ1) is 7.22. The third-order valence-corrected chi connectivity index (χ3v) is 3.54. The molecule has 84 valence electrons. The average molecular weight is 207 g/mol. The second-order valence-electron chi connectivity index (χ2n) is 4.72. The minimum atomic E-state index is 0.418. The molecule has 1 saturated carbocycles. The van der Waals surface area contributed by atoms with Gasteiger partial charge in [-0.15, -0.1) is 0 Å². The Morgan fingerprint density at radius 2 is 2.13 bits per heavy atom. The molecule has 1 aliphatic carbocycles. The Morgan fingerprint density at radius 1 is 1.47 bits per heavy atom. The van der Waals surface area contributed by atoms with Gasteiger partial charge in [0.15, 0.2) is 0 Å². The van der Waals surface area contributed by atoms with Gasteiger partial charge in [-0.1, -0.05) is 12.8 Å². The minimum Gasteiger partial charge on any atom is -0.328 e. The zero-order valence-electron chi connectivity index (χ0n) is 9.74. The van der Waals surface area contributed by atoms with E-state index in [2.05, 4.69) is 22.8 Å². The summed E-state index contributed by atoms with van der Waals surface area (Å²) in [5, 5.41) is 4.56. The van der Waals surface area contributed by atoms with Crippen molar-refractivity contribution >= 4 is 0 Å².